The molecule has 0 bridgehead atoms. The van der Waals surface area contributed by atoms with Gasteiger partial charge in [0.25, 0.3) is 0 Å². The zero-order valence-corrected chi connectivity index (χ0v) is 13.5. The van der Waals surface area contributed by atoms with Crippen LogP contribution >= 0.6 is 0 Å². The van der Waals surface area contributed by atoms with E-state index >= 15 is 0 Å². The van der Waals surface area contributed by atoms with Crippen molar-refractivity contribution in [1.29, 1.82) is 0 Å². The summed E-state index contributed by atoms with van der Waals surface area (Å²) < 4.78 is 7.76. The number of ether oxygens (including phenoxy) is 1. The van der Waals surface area contributed by atoms with Gasteiger partial charge in [0.15, 0.2) is 0 Å². The van der Waals surface area contributed by atoms with E-state index in [9.17, 15) is 0 Å². The summed E-state index contributed by atoms with van der Waals surface area (Å²) in [5.74, 6) is 0.731. The number of fused-ring (bicyclic) bond motifs is 1. The normalized spacial score (nSPS) is 19.0. The van der Waals surface area contributed by atoms with Gasteiger partial charge in [-0.3, -0.25) is 9.30 Å². The maximum atomic E-state index is 5.77. The Kier molecular flexibility index (Phi) is 4.25. The van der Waals surface area contributed by atoms with Crippen LogP contribution in [-0.4, -0.2) is 51.6 Å². The number of benzene rings is 1. The molecule has 24 heavy (non-hydrogen) atoms. The molecule has 1 aromatic carbocycles. The monoisotopic (exact) mass is 323 g/mol. The summed E-state index contributed by atoms with van der Waals surface area (Å²) in [5.41, 5.74) is 9.03. The number of rotatable bonds is 4. The molecule has 1 fully saturated rings. The lowest BCUT2D eigenvalue weighted by Crippen LogP contribution is -2.45. The molecule has 0 radical (unpaired) electrons. The highest BCUT2D eigenvalue weighted by Gasteiger charge is 2.22. The van der Waals surface area contributed by atoms with Crippen LogP contribution in [0.1, 0.15) is 5.69 Å². The van der Waals surface area contributed by atoms with Gasteiger partial charge in [-0.2, -0.15) is 0 Å². The fraction of sp³-hybridized carbons (Fsp3) is 0.333. The molecule has 0 spiro atoms. The van der Waals surface area contributed by atoms with Crippen LogP contribution in [0.25, 0.3) is 17.0 Å². The average Bonchev–Trinajstić information content (AvgIpc) is 3.01. The summed E-state index contributed by atoms with van der Waals surface area (Å²) in [4.78, 5) is 11.5. The number of nitrogens with zero attached hydrogens (tertiary/aromatic N) is 4. The minimum absolute atomic E-state index is 0.108. The first kappa shape index (κ1) is 15.3. The third-order valence-electron chi connectivity index (χ3n) is 4.41. The first-order valence-electron chi connectivity index (χ1n) is 8.26. The molecule has 124 valence electrons. The molecule has 6 nitrogen and oxygen atoms in total. The smallest absolute Gasteiger partial charge is 0.234 e. The number of hydrogen-bond acceptors (Lipinski definition) is 5. The SMILES string of the molecule is NCC1CN(Cc2c(-c3ccccc3)nc3ncccn23)CCO1. The Hall–Kier alpha value is -2.28. The molecule has 3 heterocycles. The van der Waals surface area contributed by atoms with Crippen molar-refractivity contribution in [2.24, 2.45) is 5.73 Å². The second kappa shape index (κ2) is 6.68. The van der Waals surface area contributed by atoms with E-state index in [1.54, 1.807) is 6.20 Å². The Morgan fingerprint density at radius 3 is 2.92 bits per heavy atom. The van der Waals surface area contributed by atoms with E-state index in [4.69, 9.17) is 15.5 Å². The Morgan fingerprint density at radius 1 is 1.21 bits per heavy atom. The highest BCUT2D eigenvalue weighted by Crippen LogP contribution is 2.25. The minimum atomic E-state index is 0.108. The van der Waals surface area contributed by atoms with Crippen molar-refractivity contribution < 1.29 is 4.74 Å². The molecule has 1 aliphatic rings. The van der Waals surface area contributed by atoms with Crippen molar-refractivity contribution in [2.75, 3.05) is 26.2 Å². The predicted molar refractivity (Wildman–Crippen MR) is 92.5 cm³/mol. The predicted octanol–water partition coefficient (Wildman–Crippen LogP) is 1.56. The summed E-state index contributed by atoms with van der Waals surface area (Å²) in [6, 6.07) is 12.2. The number of morpholine rings is 1. The fourth-order valence-corrected chi connectivity index (χ4v) is 3.19. The van der Waals surface area contributed by atoms with Crippen LogP contribution in [0.5, 0.6) is 0 Å². The van der Waals surface area contributed by atoms with Crippen LogP contribution in [-0.2, 0) is 11.3 Å². The van der Waals surface area contributed by atoms with E-state index in [1.165, 1.54) is 0 Å². The lowest BCUT2D eigenvalue weighted by Gasteiger charge is -2.32. The van der Waals surface area contributed by atoms with Gasteiger partial charge in [-0.25, -0.2) is 9.97 Å². The van der Waals surface area contributed by atoms with Crippen LogP contribution in [0.2, 0.25) is 0 Å². The van der Waals surface area contributed by atoms with Gasteiger partial charge in [-0.05, 0) is 6.07 Å². The van der Waals surface area contributed by atoms with Crippen molar-refractivity contribution in [2.45, 2.75) is 12.6 Å². The van der Waals surface area contributed by atoms with Crippen molar-refractivity contribution in [3.05, 3.63) is 54.5 Å². The molecule has 0 saturated carbocycles. The zero-order valence-electron chi connectivity index (χ0n) is 13.5. The molecule has 0 amide bonds. The highest BCUT2D eigenvalue weighted by atomic mass is 16.5. The second-order valence-electron chi connectivity index (χ2n) is 6.03. The van der Waals surface area contributed by atoms with E-state index in [-0.39, 0.29) is 6.10 Å². The van der Waals surface area contributed by atoms with Gasteiger partial charge in [0.05, 0.1) is 24.1 Å². The van der Waals surface area contributed by atoms with Gasteiger partial charge in [0.1, 0.15) is 0 Å². The molecular weight excluding hydrogens is 302 g/mol. The first-order chi connectivity index (χ1) is 11.8. The van der Waals surface area contributed by atoms with Gasteiger partial charge in [-0.1, -0.05) is 30.3 Å². The standard InChI is InChI=1S/C18H21N5O/c19-11-15-12-22(9-10-24-15)13-16-17(14-5-2-1-3-6-14)21-18-20-7-4-8-23(16)18/h1-8,15H,9-13,19H2. The number of aromatic nitrogens is 3. The van der Waals surface area contributed by atoms with Gasteiger partial charge >= 0.3 is 0 Å². The molecule has 0 aliphatic carbocycles. The number of hydrogen-bond donors (Lipinski definition) is 1. The Morgan fingerprint density at radius 2 is 2.08 bits per heavy atom. The van der Waals surface area contributed by atoms with Gasteiger partial charge in [0, 0.05) is 44.1 Å². The number of imidazole rings is 1. The Bertz CT molecular complexity index is 817. The van der Waals surface area contributed by atoms with Crippen molar-refractivity contribution >= 4 is 5.78 Å². The lowest BCUT2D eigenvalue weighted by molar-refractivity contribution is -0.0264. The second-order valence-corrected chi connectivity index (χ2v) is 6.03. The molecule has 2 N–H and O–H groups in total. The van der Waals surface area contributed by atoms with E-state index in [1.807, 2.05) is 30.5 Å². The summed E-state index contributed by atoms with van der Waals surface area (Å²) in [5, 5.41) is 0. The number of nitrogens with two attached hydrogens (primary N) is 1. The molecule has 1 unspecified atom stereocenters. The third kappa shape index (κ3) is 2.91. The van der Waals surface area contributed by atoms with Crippen LogP contribution in [0, 0.1) is 0 Å². The average molecular weight is 323 g/mol. The Labute approximate surface area is 140 Å². The maximum Gasteiger partial charge on any atom is 0.234 e. The molecule has 6 heteroatoms. The molecular formula is C18H21N5O. The minimum Gasteiger partial charge on any atom is -0.374 e. The van der Waals surface area contributed by atoms with Gasteiger partial charge < -0.3 is 10.5 Å². The van der Waals surface area contributed by atoms with Crippen molar-refractivity contribution in [3.63, 3.8) is 0 Å². The van der Waals surface area contributed by atoms with Gasteiger partial charge in [-0.15, -0.1) is 0 Å². The highest BCUT2D eigenvalue weighted by molar-refractivity contribution is 5.65. The Balaban J connectivity index is 1.73. The van der Waals surface area contributed by atoms with E-state index in [0.29, 0.717) is 6.54 Å². The fourth-order valence-electron chi connectivity index (χ4n) is 3.19. The quantitative estimate of drug-likeness (QED) is 0.789. The summed E-state index contributed by atoms with van der Waals surface area (Å²) in [6.07, 6.45) is 3.91. The van der Waals surface area contributed by atoms with Crippen LogP contribution in [0.4, 0.5) is 0 Å². The van der Waals surface area contributed by atoms with E-state index in [2.05, 4.69) is 26.4 Å². The largest absolute Gasteiger partial charge is 0.374 e. The van der Waals surface area contributed by atoms with Crippen LogP contribution in [0.3, 0.4) is 0 Å². The van der Waals surface area contributed by atoms with Crippen LogP contribution < -0.4 is 5.73 Å². The van der Waals surface area contributed by atoms with Crippen molar-refractivity contribution in [1.82, 2.24) is 19.3 Å². The maximum absolute atomic E-state index is 5.77. The molecule has 1 saturated heterocycles. The molecule has 2 aromatic heterocycles. The topological polar surface area (TPSA) is 68.7 Å². The lowest BCUT2D eigenvalue weighted by atomic mass is 10.1. The zero-order chi connectivity index (χ0) is 16.4. The summed E-state index contributed by atoms with van der Waals surface area (Å²) in [6.45, 7) is 3.82. The molecule has 4 rings (SSSR count). The van der Waals surface area contributed by atoms with Crippen molar-refractivity contribution in [3.8, 4) is 11.3 Å². The molecule has 1 atom stereocenters. The van der Waals surface area contributed by atoms with E-state index in [0.717, 1.165) is 49.0 Å². The summed E-state index contributed by atoms with van der Waals surface area (Å²) >= 11 is 0. The van der Waals surface area contributed by atoms with Gasteiger partial charge in [0.2, 0.25) is 5.78 Å². The molecule has 3 aromatic rings. The first-order valence-corrected chi connectivity index (χ1v) is 8.26. The summed E-state index contributed by atoms with van der Waals surface area (Å²) in [7, 11) is 0. The third-order valence-corrected chi connectivity index (χ3v) is 4.41. The van der Waals surface area contributed by atoms with E-state index < -0.39 is 0 Å². The van der Waals surface area contributed by atoms with Crippen LogP contribution in [0.15, 0.2) is 48.8 Å². The molecule has 1 aliphatic heterocycles.